The third kappa shape index (κ3) is 2.83. The van der Waals surface area contributed by atoms with Crippen LogP contribution in [0.2, 0.25) is 0 Å². The zero-order chi connectivity index (χ0) is 12.3. The van der Waals surface area contributed by atoms with Gasteiger partial charge < -0.3 is 10.0 Å². The van der Waals surface area contributed by atoms with Crippen LogP contribution in [0.25, 0.3) is 4.96 Å². The molecule has 0 saturated carbocycles. The quantitative estimate of drug-likeness (QED) is 0.856. The molecule has 0 aliphatic heterocycles. The molecule has 0 atom stereocenters. The number of amides is 1. The molecule has 2 rings (SSSR count). The zero-order valence-corrected chi connectivity index (χ0v) is 10.5. The van der Waals surface area contributed by atoms with Crippen molar-refractivity contribution in [2.24, 2.45) is 0 Å². The van der Waals surface area contributed by atoms with Crippen molar-refractivity contribution >= 4 is 22.2 Å². The van der Waals surface area contributed by atoms with E-state index in [0.717, 1.165) is 10.7 Å². The summed E-state index contributed by atoms with van der Waals surface area (Å²) in [5.41, 5.74) is 0.790. The van der Waals surface area contributed by atoms with Crippen molar-refractivity contribution < 1.29 is 9.90 Å². The third-order valence-corrected chi connectivity index (χ3v) is 3.32. The number of carbonyl (C=O) groups is 1. The molecule has 2 aromatic heterocycles. The number of thiazole rings is 1. The second-order valence-corrected chi connectivity index (χ2v) is 4.77. The van der Waals surface area contributed by atoms with Crippen LogP contribution in [0.3, 0.4) is 0 Å². The summed E-state index contributed by atoms with van der Waals surface area (Å²) >= 11 is 1.55. The largest absolute Gasteiger partial charge is 0.396 e. The number of aromatic nitrogens is 2. The minimum atomic E-state index is 0.0317. The first-order valence-corrected chi connectivity index (χ1v) is 6.34. The summed E-state index contributed by atoms with van der Waals surface area (Å²) in [4.78, 5) is 18.7. The number of hydrogen-bond donors (Lipinski definition) is 1. The molecule has 0 aromatic carbocycles. The van der Waals surface area contributed by atoms with Crippen LogP contribution < -0.4 is 0 Å². The van der Waals surface area contributed by atoms with Crippen LogP contribution >= 0.6 is 11.3 Å². The van der Waals surface area contributed by atoms with E-state index < -0.39 is 0 Å². The molecule has 0 spiro atoms. The van der Waals surface area contributed by atoms with E-state index in [1.165, 1.54) is 0 Å². The lowest BCUT2D eigenvalue weighted by Crippen LogP contribution is -2.29. The Balaban J connectivity index is 1.96. The average molecular weight is 253 g/mol. The minimum Gasteiger partial charge on any atom is -0.396 e. The topological polar surface area (TPSA) is 57.8 Å². The molecule has 1 N–H and O–H groups in total. The van der Waals surface area contributed by atoms with E-state index in [9.17, 15) is 4.79 Å². The van der Waals surface area contributed by atoms with Gasteiger partial charge >= 0.3 is 0 Å². The van der Waals surface area contributed by atoms with Gasteiger partial charge in [0.15, 0.2) is 4.96 Å². The Kier molecular flexibility index (Phi) is 3.75. The summed E-state index contributed by atoms with van der Waals surface area (Å²) in [6.07, 6.45) is 4.73. The maximum atomic E-state index is 11.8. The molecular formula is C11H15N3O2S. The predicted octanol–water partition coefficient (Wildman–Crippen LogP) is 0.779. The maximum absolute atomic E-state index is 11.8. The van der Waals surface area contributed by atoms with Crippen molar-refractivity contribution in [3.8, 4) is 0 Å². The van der Waals surface area contributed by atoms with Gasteiger partial charge in [-0.2, -0.15) is 0 Å². The zero-order valence-electron chi connectivity index (χ0n) is 9.67. The molecule has 6 heteroatoms. The molecular weight excluding hydrogens is 238 g/mol. The van der Waals surface area contributed by atoms with Crippen molar-refractivity contribution in [2.45, 2.75) is 12.8 Å². The molecule has 17 heavy (non-hydrogen) atoms. The van der Waals surface area contributed by atoms with Crippen molar-refractivity contribution in [3.63, 3.8) is 0 Å². The highest BCUT2D eigenvalue weighted by Gasteiger charge is 2.12. The molecule has 0 fully saturated rings. The molecule has 0 radical (unpaired) electrons. The number of hydrogen-bond acceptors (Lipinski definition) is 4. The Morgan fingerprint density at radius 3 is 3.18 bits per heavy atom. The van der Waals surface area contributed by atoms with Crippen LogP contribution in [-0.2, 0) is 11.2 Å². The highest BCUT2D eigenvalue weighted by molar-refractivity contribution is 7.15. The number of imidazole rings is 1. The molecule has 0 aliphatic carbocycles. The van der Waals surface area contributed by atoms with E-state index in [2.05, 4.69) is 4.98 Å². The van der Waals surface area contributed by atoms with Crippen LogP contribution in [0.15, 0.2) is 17.8 Å². The Labute approximate surface area is 103 Å². The van der Waals surface area contributed by atoms with Crippen molar-refractivity contribution in [1.82, 2.24) is 14.3 Å². The predicted molar refractivity (Wildman–Crippen MR) is 66.1 cm³/mol. The fourth-order valence-corrected chi connectivity index (χ4v) is 2.30. The first-order chi connectivity index (χ1) is 8.20. The Morgan fingerprint density at radius 1 is 1.65 bits per heavy atom. The number of nitrogens with zero attached hydrogens (tertiary/aromatic N) is 3. The summed E-state index contributed by atoms with van der Waals surface area (Å²) in [6, 6.07) is 0. The molecule has 1 amide bonds. The van der Waals surface area contributed by atoms with Crippen LogP contribution in [0, 0.1) is 0 Å². The monoisotopic (exact) mass is 253 g/mol. The molecule has 0 aliphatic rings. The van der Waals surface area contributed by atoms with Gasteiger partial charge in [-0.15, -0.1) is 11.3 Å². The SMILES string of the molecule is CN(CCCO)C(=O)Cc1cn2ccsc2n1. The number of rotatable bonds is 5. The Bertz CT molecular complexity index is 477. The molecule has 2 heterocycles. The van der Waals surface area contributed by atoms with Crippen LogP contribution in [0.5, 0.6) is 0 Å². The molecule has 5 nitrogen and oxygen atoms in total. The number of aliphatic hydroxyl groups excluding tert-OH is 1. The number of fused-ring (bicyclic) bond motifs is 1. The molecule has 2 aromatic rings. The maximum Gasteiger partial charge on any atom is 0.228 e. The van der Waals surface area contributed by atoms with Crippen LogP contribution in [0.4, 0.5) is 0 Å². The highest BCUT2D eigenvalue weighted by Crippen LogP contribution is 2.12. The lowest BCUT2D eigenvalue weighted by atomic mass is 10.3. The van der Waals surface area contributed by atoms with Gasteiger partial charge in [-0.25, -0.2) is 4.98 Å². The van der Waals surface area contributed by atoms with E-state index in [4.69, 9.17) is 5.11 Å². The normalized spacial score (nSPS) is 10.9. The van der Waals surface area contributed by atoms with Crippen molar-refractivity contribution in [1.29, 1.82) is 0 Å². The standard InChI is InChI=1S/C11H15N3O2S/c1-13(3-2-5-15)10(16)7-9-8-14-4-6-17-11(14)12-9/h4,6,8,15H,2-3,5,7H2,1H3. The van der Waals surface area contributed by atoms with E-state index in [1.54, 1.807) is 23.3 Å². The van der Waals surface area contributed by atoms with Gasteiger partial charge in [-0.05, 0) is 6.42 Å². The van der Waals surface area contributed by atoms with Gasteiger partial charge in [0, 0.05) is 38.0 Å². The second kappa shape index (κ2) is 5.29. The smallest absolute Gasteiger partial charge is 0.228 e. The third-order valence-electron chi connectivity index (χ3n) is 2.55. The minimum absolute atomic E-state index is 0.0317. The fraction of sp³-hybridized carbons (Fsp3) is 0.455. The van der Waals surface area contributed by atoms with E-state index in [1.807, 2.05) is 22.2 Å². The lowest BCUT2D eigenvalue weighted by molar-refractivity contribution is -0.129. The fourth-order valence-electron chi connectivity index (χ4n) is 1.58. The number of carbonyl (C=O) groups excluding carboxylic acids is 1. The molecule has 0 saturated heterocycles. The highest BCUT2D eigenvalue weighted by atomic mass is 32.1. The van der Waals surface area contributed by atoms with E-state index >= 15 is 0 Å². The van der Waals surface area contributed by atoms with Gasteiger partial charge in [0.1, 0.15) is 0 Å². The van der Waals surface area contributed by atoms with Gasteiger partial charge in [0.05, 0.1) is 12.1 Å². The number of aliphatic hydroxyl groups is 1. The molecule has 0 bridgehead atoms. The average Bonchev–Trinajstić information content (AvgIpc) is 2.86. The first-order valence-electron chi connectivity index (χ1n) is 5.46. The van der Waals surface area contributed by atoms with Gasteiger partial charge in [0.2, 0.25) is 5.91 Å². The van der Waals surface area contributed by atoms with E-state index in [-0.39, 0.29) is 12.5 Å². The summed E-state index contributed by atoms with van der Waals surface area (Å²) in [5, 5.41) is 10.7. The summed E-state index contributed by atoms with van der Waals surface area (Å²) in [7, 11) is 1.75. The first kappa shape index (κ1) is 12.1. The Hall–Kier alpha value is -1.40. The summed E-state index contributed by atoms with van der Waals surface area (Å²) in [6.45, 7) is 0.690. The second-order valence-electron chi connectivity index (χ2n) is 3.89. The van der Waals surface area contributed by atoms with Gasteiger partial charge in [0.25, 0.3) is 0 Å². The summed E-state index contributed by atoms with van der Waals surface area (Å²) < 4.78 is 1.92. The Morgan fingerprint density at radius 2 is 2.47 bits per heavy atom. The van der Waals surface area contributed by atoms with Crippen molar-refractivity contribution in [3.05, 3.63) is 23.5 Å². The lowest BCUT2D eigenvalue weighted by Gasteiger charge is -2.15. The van der Waals surface area contributed by atoms with Crippen LogP contribution in [0.1, 0.15) is 12.1 Å². The molecule has 0 unspecified atom stereocenters. The van der Waals surface area contributed by atoms with Crippen molar-refractivity contribution in [2.75, 3.05) is 20.2 Å². The molecule has 92 valence electrons. The number of likely N-dealkylation sites (N-methyl/N-ethyl adjacent to an activating group) is 1. The van der Waals surface area contributed by atoms with Gasteiger partial charge in [-0.3, -0.25) is 9.20 Å². The van der Waals surface area contributed by atoms with Crippen LogP contribution in [-0.4, -0.2) is 45.5 Å². The van der Waals surface area contributed by atoms with Gasteiger partial charge in [-0.1, -0.05) is 0 Å². The van der Waals surface area contributed by atoms with E-state index in [0.29, 0.717) is 19.4 Å². The summed E-state index contributed by atoms with van der Waals surface area (Å²) in [5.74, 6) is 0.0317.